The van der Waals surface area contributed by atoms with Gasteiger partial charge in [-0.2, -0.15) is 5.10 Å². The van der Waals surface area contributed by atoms with Gasteiger partial charge in [0, 0.05) is 12.1 Å². The Kier molecular flexibility index (Phi) is 5.36. The molecule has 168 valence electrons. The van der Waals surface area contributed by atoms with Gasteiger partial charge in [-0.1, -0.05) is 80.6 Å². The van der Waals surface area contributed by atoms with Crippen LogP contribution >= 0.6 is 0 Å². The van der Waals surface area contributed by atoms with Crippen molar-refractivity contribution < 1.29 is 4.42 Å². The summed E-state index contributed by atoms with van der Waals surface area (Å²) >= 11 is 0. The van der Waals surface area contributed by atoms with Crippen LogP contribution in [0.2, 0.25) is 0 Å². The Balaban J connectivity index is 1.53. The van der Waals surface area contributed by atoms with E-state index in [9.17, 15) is 0 Å². The van der Waals surface area contributed by atoms with Gasteiger partial charge in [0.25, 0.3) is 5.89 Å². The fraction of sp³-hybridized carbons (Fsp3) is 0.296. The quantitative estimate of drug-likeness (QED) is 0.378. The summed E-state index contributed by atoms with van der Waals surface area (Å²) in [7, 11) is 0. The predicted molar refractivity (Wildman–Crippen MR) is 131 cm³/mol. The van der Waals surface area contributed by atoms with Gasteiger partial charge in [-0.3, -0.25) is 0 Å². The molecule has 2 aromatic heterocycles. The van der Waals surface area contributed by atoms with E-state index in [0.717, 1.165) is 36.3 Å². The average Bonchev–Trinajstić information content (AvgIpc) is 3.50. The van der Waals surface area contributed by atoms with E-state index in [1.54, 1.807) is 6.20 Å². The summed E-state index contributed by atoms with van der Waals surface area (Å²) in [5, 5.41) is 17.1. The first kappa shape index (κ1) is 21.2. The molecule has 1 unspecified atom stereocenters. The van der Waals surface area contributed by atoms with Crippen molar-refractivity contribution in [3.05, 3.63) is 90.0 Å². The van der Waals surface area contributed by atoms with Crippen molar-refractivity contribution in [1.29, 1.82) is 0 Å². The lowest BCUT2D eigenvalue weighted by Gasteiger charge is -2.28. The topological polar surface area (TPSA) is 68.8 Å². The molecule has 6 nitrogen and oxygen atoms in total. The molecule has 5 rings (SSSR count). The van der Waals surface area contributed by atoms with Crippen molar-refractivity contribution in [1.82, 2.24) is 20.0 Å². The zero-order chi connectivity index (χ0) is 23.0. The number of benzene rings is 2. The molecule has 4 aromatic rings. The zero-order valence-electron chi connectivity index (χ0n) is 19.4. The van der Waals surface area contributed by atoms with Gasteiger partial charge >= 0.3 is 0 Å². The van der Waals surface area contributed by atoms with Crippen LogP contribution in [-0.2, 0) is 5.41 Å². The second-order valence-electron chi connectivity index (χ2n) is 8.76. The second-order valence-corrected chi connectivity index (χ2v) is 8.76. The third kappa shape index (κ3) is 3.55. The van der Waals surface area contributed by atoms with Crippen LogP contribution in [0.25, 0.3) is 17.2 Å². The van der Waals surface area contributed by atoms with E-state index < -0.39 is 0 Å². The van der Waals surface area contributed by atoms with Crippen LogP contribution < -0.4 is 5.32 Å². The number of fused-ring (bicyclic) bond motifs is 1. The van der Waals surface area contributed by atoms with E-state index in [1.807, 2.05) is 10.7 Å². The van der Waals surface area contributed by atoms with Crippen LogP contribution in [0.4, 0.5) is 5.82 Å². The van der Waals surface area contributed by atoms with E-state index in [2.05, 4.69) is 96.5 Å². The van der Waals surface area contributed by atoms with Crippen molar-refractivity contribution >= 4 is 11.5 Å². The lowest BCUT2D eigenvalue weighted by molar-refractivity contribution is 0.354. The molecule has 0 fully saturated rings. The Bertz CT molecular complexity index is 1270. The molecule has 0 saturated heterocycles. The number of nitrogens with zero attached hydrogens (tertiary/aromatic N) is 4. The third-order valence-electron chi connectivity index (χ3n) is 6.90. The number of aryl methyl sites for hydroxylation is 1. The normalized spacial score (nSPS) is 15.8. The van der Waals surface area contributed by atoms with E-state index >= 15 is 0 Å². The standard InChI is InChI=1S/C27H29N5O/c1-5-27(6-2,21-14-12-18(3)13-15-21)26-31-30-25(33-26)22-17-28-32-19(4)16-23(29-24(22)32)20-10-8-7-9-11-20/h7-15,17,23,29H,4-6,16H2,1-3H3. The molecule has 2 aromatic carbocycles. The van der Waals surface area contributed by atoms with Gasteiger partial charge in [0.15, 0.2) is 0 Å². The zero-order valence-corrected chi connectivity index (χ0v) is 19.4. The first-order valence-electron chi connectivity index (χ1n) is 11.5. The number of anilines is 1. The summed E-state index contributed by atoms with van der Waals surface area (Å²) in [6, 6.07) is 19.1. The molecule has 1 atom stereocenters. The number of rotatable bonds is 6. The molecule has 0 saturated carbocycles. The van der Waals surface area contributed by atoms with Crippen molar-refractivity contribution in [2.45, 2.75) is 51.5 Å². The highest BCUT2D eigenvalue weighted by Crippen LogP contribution is 2.42. The molecule has 1 N–H and O–H groups in total. The Labute approximate surface area is 194 Å². The lowest BCUT2D eigenvalue weighted by atomic mass is 9.75. The van der Waals surface area contributed by atoms with Crippen LogP contribution in [0.3, 0.4) is 0 Å². The van der Waals surface area contributed by atoms with Crippen molar-refractivity contribution in [2.24, 2.45) is 0 Å². The molecule has 1 aliphatic heterocycles. The molecule has 3 heterocycles. The molecule has 33 heavy (non-hydrogen) atoms. The SMILES string of the molecule is C=C1CC(c2ccccc2)Nc2c(-c3nnc(C(CC)(CC)c4ccc(C)cc4)o3)cnn21. The first-order chi connectivity index (χ1) is 16.1. The smallest absolute Gasteiger partial charge is 0.253 e. The Hall–Kier alpha value is -3.67. The molecule has 1 aliphatic rings. The van der Waals surface area contributed by atoms with E-state index in [-0.39, 0.29) is 11.5 Å². The van der Waals surface area contributed by atoms with E-state index in [0.29, 0.717) is 11.8 Å². The van der Waals surface area contributed by atoms with Gasteiger partial charge in [0.1, 0.15) is 11.4 Å². The minimum Gasteiger partial charge on any atom is -0.420 e. The summed E-state index contributed by atoms with van der Waals surface area (Å²) in [5.74, 6) is 1.95. The first-order valence-corrected chi connectivity index (χ1v) is 11.5. The molecule has 6 heteroatoms. The maximum absolute atomic E-state index is 6.36. The van der Waals surface area contributed by atoms with Crippen LogP contribution in [0.5, 0.6) is 0 Å². The second kappa shape index (κ2) is 8.35. The Morgan fingerprint density at radius 1 is 1.06 bits per heavy atom. The third-order valence-corrected chi connectivity index (χ3v) is 6.90. The predicted octanol–water partition coefficient (Wildman–Crippen LogP) is 6.38. The Morgan fingerprint density at radius 2 is 1.79 bits per heavy atom. The molecule has 0 amide bonds. The van der Waals surface area contributed by atoms with Crippen LogP contribution in [0, 0.1) is 6.92 Å². The average molecular weight is 440 g/mol. The van der Waals surface area contributed by atoms with Gasteiger partial charge in [0.2, 0.25) is 5.89 Å². The van der Waals surface area contributed by atoms with Gasteiger partial charge < -0.3 is 9.73 Å². The molecule has 0 radical (unpaired) electrons. The minimum absolute atomic E-state index is 0.113. The van der Waals surface area contributed by atoms with E-state index in [1.165, 1.54) is 16.7 Å². The molecule has 0 aliphatic carbocycles. The summed E-state index contributed by atoms with van der Waals surface area (Å²) in [6.07, 6.45) is 4.29. The molecule has 0 bridgehead atoms. The monoisotopic (exact) mass is 439 g/mol. The van der Waals surface area contributed by atoms with Crippen molar-refractivity contribution in [3.63, 3.8) is 0 Å². The van der Waals surface area contributed by atoms with E-state index in [4.69, 9.17) is 4.42 Å². The summed E-state index contributed by atoms with van der Waals surface area (Å²) in [5.41, 5.74) is 5.03. The van der Waals surface area contributed by atoms with Crippen molar-refractivity contribution in [2.75, 3.05) is 5.32 Å². The maximum atomic E-state index is 6.36. The van der Waals surface area contributed by atoms with Crippen LogP contribution in [0.15, 0.2) is 71.8 Å². The molecular weight excluding hydrogens is 410 g/mol. The number of aromatic nitrogens is 4. The van der Waals surface area contributed by atoms with Gasteiger partial charge in [-0.05, 0) is 30.9 Å². The summed E-state index contributed by atoms with van der Waals surface area (Å²) in [4.78, 5) is 0. The largest absolute Gasteiger partial charge is 0.420 e. The summed E-state index contributed by atoms with van der Waals surface area (Å²) in [6.45, 7) is 10.7. The summed E-state index contributed by atoms with van der Waals surface area (Å²) < 4.78 is 8.20. The number of nitrogens with one attached hydrogen (secondary N) is 1. The van der Waals surface area contributed by atoms with Gasteiger partial charge in [-0.15, -0.1) is 10.2 Å². The number of hydrogen-bond donors (Lipinski definition) is 1. The fourth-order valence-corrected chi connectivity index (χ4v) is 4.79. The van der Waals surface area contributed by atoms with Gasteiger partial charge in [0.05, 0.1) is 17.7 Å². The molecular formula is C27H29N5O. The minimum atomic E-state index is -0.324. The number of hydrogen-bond acceptors (Lipinski definition) is 5. The van der Waals surface area contributed by atoms with Crippen molar-refractivity contribution in [3.8, 4) is 11.5 Å². The highest BCUT2D eigenvalue weighted by atomic mass is 16.4. The highest BCUT2D eigenvalue weighted by Gasteiger charge is 2.37. The lowest BCUT2D eigenvalue weighted by Crippen LogP contribution is -2.26. The van der Waals surface area contributed by atoms with Gasteiger partial charge in [-0.25, -0.2) is 4.68 Å². The highest BCUT2D eigenvalue weighted by molar-refractivity contribution is 5.74. The van der Waals surface area contributed by atoms with Crippen LogP contribution in [-0.4, -0.2) is 20.0 Å². The molecule has 0 spiro atoms. The fourth-order valence-electron chi connectivity index (χ4n) is 4.79. The Morgan fingerprint density at radius 3 is 2.48 bits per heavy atom. The van der Waals surface area contributed by atoms with Crippen LogP contribution in [0.1, 0.15) is 61.7 Å². The maximum Gasteiger partial charge on any atom is 0.253 e.